The zero-order valence-electron chi connectivity index (χ0n) is 9.24. The number of nitrogens with two attached hydrogens (primary N) is 1. The van der Waals surface area contributed by atoms with Gasteiger partial charge in [0.1, 0.15) is 11.6 Å². The number of hydrogen-bond donors (Lipinski definition) is 2. The van der Waals surface area contributed by atoms with Crippen molar-refractivity contribution >= 4 is 28.6 Å². The summed E-state index contributed by atoms with van der Waals surface area (Å²) < 4.78 is 26.3. The molecule has 0 fully saturated rings. The third kappa shape index (κ3) is 2.84. The second kappa shape index (κ2) is 5.14. The normalized spacial score (nSPS) is 10.3. The fourth-order valence-electron chi connectivity index (χ4n) is 1.43. The molecule has 3 nitrogen and oxygen atoms in total. The van der Waals surface area contributed by atoms with Gasteiger partial charge in [-0.2, -0.15) is 0 Å². The van der Waals surface area contributed by atoms with Crippen LogP contribution in [0.1, 0.15) is 4.88 Å². The van der Waals surface area contributed by atoms with Crippen molar-refractivity contribution in [3.8, 4) is 0 Å². The first-order valence-corrected chi connectivity index (χ1v) is 6.01. The first-order chi connectivity index (χ1) is 8.56. The van der Waals surface area contributed by atoms with Crippen LogP contribution in [0.15, 0.2) is 29.6 Å². The predicted octanol–water partition coefficient (Wildman–Crippen LogP) is 2.79. The fraction of sp³-hybridized carbons (Fsp3) is 0.0833. The molecule has 6 heteroatoms. The van der Waals surface area contributed by atoms with Crippen molar-refractivity contribution in [2.45, 2.75) is 6.42 Å². The average molecular weight is 268 g/mol. The van der Waals surface area contributed by atoms with Gasteiger partial charge in [0.2, 0.25) is 5.91 Å². The Kier molecular flexibility index (Phi) is 3.57. The summed E-state index contributed by atoms with van der Waals surface area (Å²) in [7, 11) is 0. The summed E-state index contributed by atoms with van der Waals surface area (Å²) in [6.07, 6.45) is 0.147. The Morgan fingerprint density at radius 2 is 2.11 bits per heavy atom. The highest BCUT2D eigenvalue weighted by Gasteiger charge is 2.11. The van der Waals surface area contributed by atoms with E-state index in [1.54, 1.807) is 6.07 Å². The Balaban J connectivity index is 2.09. The maximum Gasteiger partial charge on any atom is 0.229 e. The molecule has 0 aliphatic heterocycles. The number of rotatable bonds is 3. The zero-order chi connectivity index (χ0) is 13.1. The molecule has 0 aliphatic rings. The maximum atomic E-state index is 13.4. The van der Waals surface area contributed by atoms with Gasteiger partial charge in [-0.15, -0.1) is 11.3 Å². The summed E-state index contributed by atoms with van der Waals surface area (Å²) in [5, 5.41) is 4.21. The molecule has 1 aromatic carbocycles. The highest BCUT2D eigenvalue weighted by Crippen LogP contribution is 2.21. The van der Waals surface area contributed by atoms with Crippen LogP contribution in [0.25, 0.3) is 0 Å². The number of halogens is 2. The summed E-state index contributed by atoms with van der Waals surface area (Å²) in [6.45, 7) is 0. The lowest BCUT2D eigenvalue weighted by atomic mass is 10.2. The van der Waals surface area contributed by atoms with E-state index >= 15 is 0 Å². The number of carbonyl (C=O) groups excluding carboxylic acids is 1. The lowest BCUT2D eigenvalue weighted by molar-refractivity contribution is -0.115. The molecule has 0 spiro atoms. The highest BCUT2D eigenvalue weighted by atomic mass is 32.1. The fourth-order valence-corrected chi connectivity index (χ4v) is 2.13. The van der Waals surface area contributed by atoms with Crippen LogP contribution in [0, 0.1) is 11.6 Å². The number of benzene rings is 1. The Morgan fingerprint density at radius 3 is 2.78 bits per heavy atom. The van der Waals surface area contributed by atoms with Crippen molar-refractivity contribution < 1.29 is 13.6 Å². The van der Waals surface area contributed by atoms with Crippen molar-refractivity contribution in [1.82, 2.24) is 0 Å². The molecule has 94 valence electrons. The van der Waals surface area contributed by atoms with Crippen LogP contribution >= 0.6 is 11.3 Å². The van der Waals surface area contributed by atoms with Crippen LogP contribution in [0.5, 0.6) is 0 Å². The molecule has 1 aromatic heterocycles. The highest BCUT2D eigenvalue weighted by molar-refractivity contribution is 7.10. The molecular weight excluding hydrogens is 258 g/mol. The molecule has 2 rings (SSSR count). The minimum atomic E-state index is -0.846. The zero-order valence-corrected chi connectivity index (χ0v) is 10.1. The molecule has 0 radical (unpaired) electrons. The first-order valence-electron chi connectivity index (χ1n) is 5.13. The molecule has 0 saturated carbocycles. The van der Waals surface area contributed by atoms with Gasteiger partial charge in [-0.05, 0) is 17.5 Å². The number of nitrogen functional groups attached to an aromatic ring is 1. The summed E-state index contributed by atoms with van der Waals surface area (Å²) in [4.78, 5) is 12.5. The lowest BCUT2D eigenvalue weighted by Crippen LogP contribution is -2.15. The summed E-state index contributed by atoms with van der Waals surface area (Å²) in [6, 6.07) is 5.34. The van der Waals surface area contributed by atoms with Gasteiger partial charge in [0.15, 0.2) is 0 Å². The molecule has 2 aromatic rings. The summed E-state index contributed by atoms with van der Waals surface area (Å²) in [5.41, 5.74) is 4.99. The Labute approximate surface area is 106 Å². The van der Waals surface area contributed by atoms with Crippen molar-refractivity contribution in [1.29, 1.82) is 0 Å². The van der Waals surface area contributed by atoms with Gasteiger partial charge < -0.3 is 11.1 Å². The molecule has 0 unspecified atom stereocenters. The van der Waals surface area contributed by atoms with E-state index in [1.807, 2.05) is 11.4 Å². The van der Waals surface area contributed by atoms with E-state index in [0.717, 1.165) is 10.9 Å². The number of amides is 1. The molecule has 0 atom stereocenters. The minimum absolute atomic E-state index is 0.115. The molecule has 1 amide bonds. The second-order valence-corrected chi connectivity index (χ2v) is 4.69. The van der Waals surface area contributed by atoms with Crippen molar-refractivity contribution in [2.24, 2.45) is 0 Å². The van der Waals surface area contributed by atoms with Crippen molar-refractivity contribution in [3.63, 3.8) is 0 Å². The van der Waals surface area contributed by atoms with E-state index in [1.165, 1.54) is 11.3 Å². The third-order valence-corrected chi connectivity index (χ3v) is 3.15. The summed E-state index contributed by atoms with van der Waals surface area (Å²) in [5.74, 6) is -2.06. The molecular formula is C12H10F2N2OS. The van der Waals surface area contributed by atoms with Gasteiger partial charge in [0.25, 0.3) is 0 Å². The van der Waals surface area contributed by atoms with Gasteiger partial charge in [-0.3, -0.25) is 4.79 Å². The van der Waals surface area contributed by atoms with Crippen LogP contribution < -0.4 is 11.1 Å². The van der Waals surface area contributed by atoms with E-state index in [2.05, 4.69) is 5.32 Å². The smallest absolute Gasteiger partial charge is 0.229 e. The van der Waals surface area contributed by atoms with Gasteiger partial charge in [-0.1, -0.05) is 6.07 Å². The van der Waals surface area contributed by atoms with E-state index in [4.69, 9.17) is 5.73 Å². The monoisotopic (exact) mass is 268 g/mol. The first kappa shape index (κ1) is 12.5. The molecule has 18 heavy (non-hydrogen) atoms. The van der Waals surface area contributed by atoms with Gasteiger partial charge >= 0.3 is 0 Å². The van der Waals surface area contributed by atoms with Crippen molar-refractivity contribution in [2.75, 3.05) is 11.1 Å². The van der Waals surface area contributed by atoms with Crippen LogP contribution in [0.3, 0.4) is 0 Å². The van der Waals surface area contributed by atoms with E-state index in [-0.39, 0.29) is 23.7 Å². The SMILES string of the molecule is Nc1cc(NC(=O)Cc2cccs2)c(F)cc1F. The summed E-state index contributed by atoms with van der Waals surface area (Å²) >= 11 is 1.43. The predicted molar refractivity (Wildman–Crippen MR) is 67.4 cm³/mol. The Hall–Kier alpha value is -1.95. The van der Waals surface area contributed by atoms with E-state index < -0.39 is 11.6 Å². The van der Waals surface area contributed by atoms with Gasteiger partial charge in [-0.25, -0.2) is 8.78 Å². The molecule has 1 heterocycles. The number of hydrogen-bond acceptors (Lipinski definition) is 3. The standard InChI is InChI=1S/C12H10F2N2OS/c13-8-5-9(14)11(6-10(8)15)16-12(17)4-7-2-1-3-18-7/h1-3,5-6H,4,15H2,(H,16,17). The van der Waals surface area contributed by atoms with Crippen LogP contribution in [-0.2, 0) is 11.2 Å². The second-order valence-electron chi connectivity index (χ2n) is 3.66. The van der Waals surface area contributed by atoms with Crippen LogP contribution in [0.2, 0.25) is 0 Å². The van der Waals surface area contributed by atoms with Gasteiger partial charge in [0.05, 0.1) is 17.8 Å². The van der Waals surface area contributed by atoms with E-state index in [0.29, 0.717) is 6.07 Å². The number of anilines is 2. The largest absolute Gasteiger partial charge is 0.396 e. The quantitative estimate of drug-likeness (QED) is 0.841. The van der Waals surface area contributed by atoms with Crippen LogP contribution in [-0.4, -0.2) is 5.91 Å². The number of thiophene rings is 1. The van der Waals surface area contributed by atoms with Crippen molar-refractivity contribution in [3.05, 3.63) is 46.2 Å². The van der Waals surface area contributed by atoms with Gasteiger partial charge in [0, 0.05) is 10.9 Å². The maximum absolute atomic E-state index is 13.4. The molecule has 0 aliphatic carbocycles. The van der Waals surface area contributed by atoms with Crippen LogP contribution in [0.4, 0.5) is 20.2 Å². The average Bonchev–Trinajstić information content (AvgIpc) is 2.78. The minimum Gasteiger partial charge on any atom is -0.396 e. The third-order valence-electron chi connectivity index (χ3n) is 2.28. The molecule has 0 saturated heterocycles. The Morgan fingerprint density at radius 1 is 1.33 bits per heavy atom. The topological polar surface area (TPSA) is 55.1 Å². The lowest BCUT2D eigenvalue weighted by Gasteiger charge is -2.07. The van der Waals surface area contributed by atoms with E-state index in [9.17, 15) is 13.6 Å². The molecule has 3 N–H and O–H groups in total. The molecule has 0 bridgehead atoms. The number of carbonyl (C=O) groups is 1. The Bertz CT molecular complexity index is 570. The number of nitrogens with one attached hydrogen (secondary N) is 1.